The Labute approximate surface area is 248 Å². The van der Waals surface area contributed by atoms with E-state index in [2.05, 4.69) is 22.4 Å². The Morgan fingerprint density at radius 3 is 2.68 bits per heavy atom. The Kier molecular flexibility index (Phi) is 9.30. The second kappa shape index (κ2) is 12.9. The van der Waals surface area contributed by atoms with E-state index >= 15 is 0 Å². The average Bonchev–Trinajstić information content (AvgIpc) is 3.77. The maximum Gasteiger partial charge on any atom is 0.349 e. The van der Waals surface area contributed by atoms with Gasteiger partial charge < -0.3 is 24.8 Å². The van der Waals surface area contributed by atoms with E-state index < -0.39 is 11.6 Å². The first-order valence-corrected chi connectivity index (χ1v) is 15.6. The minimum absolute atomic E-state index is 0.216. The summed E-state index contributed by atoms with van der Waals surface area (Å²) >= 11 is 2.77. The largest absolute Gasteiger partial charge is 0.460 e. The Morgan fingerprint density at radius 1 is 1.24 bits per heavy atom. The predicted molar refractivity (Wildman–Crippen MR) is 159 cm³/mol. The number of carbonyl (C=O) groups excluding carboxylic acids is 2. The fourth-order valence-electron chi connectivity index (χ4n) is 5.76. The van der Waals surface area contributed by atoms with Gasteiger partial charge in [0, 0.05) is 28.6 Å². The summed E-state index contributed by atoms with van der Waals surface area (Å²) in [6.07, 6.45) is 4.81. The van der Waals surface area contributed by atoms with Crippen LogP contribution in [0.1, 0.15) is 68.2 Å². The molecule has 9 nitrogen and oxygen atoms in total. The lowest BCUT2D eigenvalue weighted by Gasteiger charge is -2.35. The van der Waals surface area contributed by atoms with Gasteiger partial charge in [0.25, 0.3) is 0 Å². The van der Waals surface area contributed by atoms with E-state index in [1.807, 2.05) is 30.5 Å². The molecule has 0 bridgehead atoms. The summed E-state index contributed by atoms with van der Waals surface area (Å²) in [7, 11) is 2.13. The number of nitrogens with zero attached hydrogens (tertiary/aromatic N) is 2. The second-order valence-electron chi connectivity index (χ2n) is 10.7. The zero-order valence-electron chi connectivity index (χ0n) is 23.4. The van der Waals surface area contributed by atoms with Crippen LogP contribution in [0.2, 0.25) is 0 Å². The third kappa shape index (κ3) is 6.14. The van der Waals surface area contributed by atoms with Gasteiger partial charge in [0.2, 0.25) is 5.60 Å². The number of carbonyl (C=O) groups is 2. The molecule has 1 aliphatic heterocycles. The van der Waals surface area contributed by atoms with E-state index in [1.54, 1.807) is 12.1 Å². The van der Waals surface area contributed by atoms with Crippen molar-refractivity contribution in [3.63, 3.8) is 0 Å². The van der Waals surface area contributed by atoms with Crippen LogP contribution in [0.25, 0.3) is 0 Å². The zero-order valence-corrected chi connectivity index (χ0v) is 25.0. The monoisotopic (exact) mass is 596 g/mol. The standard InChI is InChI=1S/C30H36N4O5S2/c1-19-6-11-27(41-19)30(37,26-5-3-14-40-26)29(36)39-22-9-7-21(8-10-22)34(2)13-4-12-32-28-24-18-38-17-23(24)20(16-35)15-25(28)33-31/h3,5-6,11,14-16,21-22,31-32,37H,4,7-10,12-13,17-18H2,1-2H3/t21-,22-,30-/m1/s1. The Hall–Kier alpha value is -2.96. The molecule has 41 heavy (non-hydrogen) atoms. The Balaban J connectivity index is 1.11. The van der Waals surface area contributed by atoms with Crippen LogP contribution in [0, 0.1) is 12.5 Å². The molecule has 1 aliphatic carbocycles. The van der Waals surface area contributed by atoms with Crippen LogP contribution in [0.5, 0.6) is 0 Å². The lowest BCUT2D eigenvalue weighted by molar-refractivity contribution is -0.169. The minimum atomic E-state index is -1.78. The third-order valence-corrected chi connectivity index (χ3v) is 10.2. The Morgan fingerprint density at radius 2 is 2.02 bits per heavy atom. The van der Waals surface area contributed by atoms with E-state index in [1.165, 1.54) is 22.7 Å². The van der Waals surface area contributed by atoms with Crippen molar-refractivity contribution in [2.24, 2.45) is 5.11 Å². The molecular formula is C30H36N4O5S2. The van der Waals surface area contributed by atoms with Gasteiger partial charge in [-0.15, -0.1) is 22.7 Å². The van der Waals surface area contributed by atoms with Crippen molar-refractivity contribution in [2.45, 2.75) is 70.0 Å². The van der Waals surface area contributed by atoms with Gasteiger partial charge in [0.05, 0.1) is 28.7 Å². The van der Waals surface area contributed by atoms with E-state index in [9.17, 15) is 14.7 Å². The molecule has 2 aliphatic rings. The maximum absolute atomic E-state index is 13.4. The van der Waals surface area contributed by atoms with Crippen molar-refractivity contribution in [1.29, 1.82) is 5.53 Å². The molecule has 5 rings (SSSR count). The van der Waals surface area contributed by atoms with Gasteiger partial charge in [0.1, 0.15) is 11.8 Å². The molecule has 0 unspecified atom stereocenters. The lowest BCUT2D eigenvalue weighted by atomic mass is 9.91. The molecule has 1 aromatic carbocycles. The summed E-state index contributed by atoms with van der Waals surface area (Å²) in [5.41, 5.74) is 9.34. The molecule has 0 radical (unpaired) electrons. The highest BCUT2D eigenvalue weighted by molar-refractivity contribution is 7.13. The first-order chi connectivity index (χ1) is 19.8. The molecule has 0 amide bonds. The number of esters is 1. The molecule has 1 saturated carbocycles. The van der Waals surface area contributed by atoms with Gasteiger partial charge in [-0.05, 0) is 87.8 Å². The number of anilines is 1. The van der Waals surface area contributed by atoms with Gasteiger partial charge in [-0.2, -0.15) is 5.11 Å². The molecule has 0 saturated heterocycles. The molecule has 0 spiro atoms. The van der Waals surface area contributed by atoms with Crippen LogP contribution >= 0.6 is 22.7 Å². The Bertz CT molecular complexity index is 1380. The summed E-state index contributed by atoms with van der Waals surface area (Å²) in [6, 6.07) is 9.39. The number of benzene rings is 1. The van der Waals surface area contributed by atoms with E-state index in [4.69, 9.17) is 15.0 Å². The van der Waals surface area contributed by atoms with Crippen LogP contribution in [0.15, 0.2) is 40.8 Å². The minimum Gasteiger partial charge on any atom is -0.460 e. The summed E-state index contributed by atoms with van der Waals surface area (Å²) in [5.74, 6) is -0.596. The SMILES string of the molecule is Cc1ccc([C@@](O)(C(=O)O[C@H]2CC[C@H](N(C)CCCNc3c(N=N)cc(C=O)c4c3COC4)CC2)c2cccs2)s1. The van der Waals surface area contributed by atoms with Crippen LogP contribution in [-0.4, -0.2) is 54.5 Å². The number of aldehydes is 1. The van der Waals surface area contributed by atoms with Gasteiger partial charge >= 0.3 is 5.97 Å². The summed E-state index contributed by atoms with van der Waals surface area (Å²) in [4.78, 5) is 29.4. The fraction of sp³-hybridized carbons (Fsp3) is 0.467. The second-order valence-corrected chi connectivity index (χ2v) is 13.0. The van der Waals surface area contributed by atoms with Crippen LogP contribution in [0.4, 0.5) is 11.4 Å². The number of hydrogen-bond acceptors (Lipinski definition) is 11. The van der Waals surface area contributed by atoms with Crippen molar-refractivity contribution in [1.82, 2.24) is 4.90 Å². The normalized spacial score (nSPS) is 19.9. The molecule has 3 aromatic rings. The summed E-state index contributed by atoms with van der Waals surface area (Å²) in [6.45, 7) is 4.36. The summed E-state index contributed by atoms with van der Waals surface area (Å²) < 4.78 is 11.5. The molecule has 1 atom stereocenters. The predicted octanol–water partition coefficient (Wildman–Crippen LogP) is 6.15. The molecule has 3 N–H and O–H groups in total. The van der Waals surface area contributed by atoms with E-state index in [0.717, 1.165) is 66.6 Å². The van der Waals surface area contributed by atoms with Crippen molar-refractivity contribution in [3.05, 3.63) is 67.0 Å². The number of thiophene rings is 2. The molecular weight excluding hydrogens is 560 g/mol. The van der Waals surface area contributed by atoms with Crippen molar-refractivity contribution >= 4 is 46.3 Å². The topological polar surface area (TPSA) is 124 Å². The number of nitrogens with one attached hydrogen (secondary N) is 2. The number of rotatable bonds is 12. The molecule has 2 aromatic heterocycles. The highest BCUT2D eigenvalue weighted by atomic mass is 32.1. The first kappa shape index (κ1) is 29.5. The van der Waals surface area contributed by atoms with Crippen molar-refractivity contribution < 1.29 is 24.2 Å². The van der Waals surface area contributed by atoms with Crippen LogP contribution < -0.4 is 5.32 Å². The first-order valence-electron chi connectivity index (χ1n) is 13.9. The third-order valence-electron chi connectivity index (χ3n) is 8.10. The van der Waals surface area contributed by atoms with E-state index in [0.29, 0.717) is 46.8 Å². The summed E-state index contributed by atoms with van der Waals surface area (Å²) in [5, 5.41) is 20.5. The lowest BCUT2D eigenvalue weighted by Crippen LogP contribution is -2.42. The highest BCUT2D eigenvalue weighted by Crippen LogP contribution is 2.40. The average molecular weight is 597 g/mol. The fourth-order valence-corrected chi connectivity index (χ4v) is 7.61. The zero-order chi connectivity index (χ0) is 29.0. The molecule has 1 fully saturated rings. The number of hydrogen-bond donors (Lipinski definition) is 3. The number of aryl methyl sites for hydroxylation is 1. The van der Waals surface area contributed by atoms with Gasteiger partial charge in [-0.25, -0.2) is 10.3 Å². The quantitative estimate of drug-likeness (QED) is 0.0992. The number of ether oxygens (including phenoxy) is 2. The number of fused-ring (bicyclic) bond motifs is 1. The number of aliphatic hydroxyl groups is 1. The highest BCUT2D eigenvalue weighted by Gasteiger charge is 2.45. The van der Waals surface area contributed by atoms with Crippen LogP contribution in [0.3, 0.4) is 0 Å². The smallest absolute Gasteiger partial charge is 0.349 e. The molecule has 218 valence electrons. The van der Waals surface area contributed by atoms with Gasteiger partial charge in [-0.1, -0.05) is 6.07 Å². The maximum atomic E-state index is 13.4. The van der Waals surface area contributed by atoms with Gasteiger partial charge in [0.15, 0.2) is 6.29 Å². The molecule has 11 heteroatoms. The van der Waals surface area contributed by atoms with E-state index in [-0.39, 0.29) is 6.10 Å². The van der Waals surface area contributed by atoms with Crippen molar-refractivity contribution in [2.75, 3.05) is 25.5 Å². The van der Waals surface area contributed by atoms with Gasteiger partial charge in [-0.3, -0.25) is 4.79 Å². The molecule has 3 heterocycles. The van der Waals surface area contributed by atoms with Crippen LogP contribution in [-0.2, 0) is 33.1 Å². The van der Waals surface area contributed by atoms with Crippen molar-refractivity contribution in [3.8, 4) is 0 Å².